The highest BCUT2D eigenvalue weighted by Crippen LogP contribution is 2.44. The first-order valence-corrected chi connectivity index (χ1v) is 10.9. The van der Waals surface area contributed by atoms with Crippen molar-refractivity contribution in [2.45, 2.75) is 75.7 Å². The molecule has 9 nitrogen and oxygen atoms in total. The average Bonchev–Trinajstić information content (AvgIpc) is 3.15. The summed E-state index contributed by atoms with van der Waals surface area (Å²) in [6, 6.07) is 2.46. The molecule has 2 fully saturated rings. The molecule has 0 radical (unpaired) electrons. The Labute approximate surface area is 175 Å². The van der Waals surface area contributed by atoms with E-state index in [0.29, 0.717) is 18.9 Å². The first-order valence-electron chi connectivity index (χ1n) is 10.9. The van der Waals surface area contributed by atoms with E-state index in [1.54, 1.807) is 11.1 Å². The van der Waals surface area contributed by atoms with E-state index in [-0.39, 0.29) is 36.4 Å². The molecule has 1 aromatic heterocycles. The van der Waals surface area contributed by atoms with E-state index in [2.05, 4.69) is 44.1 Å². The summed E-state index contributed by atoms with van der Waals surface area (Å²) in [6.45, 7) is 2.63. The summed E-state index contributed by atoms with van der Waals surface area (Å²) >= 11 is 0. The zero-order valence-electron chi connectivity index (χ0n) is 17.1. The number of fused-ring (bicyclic) bond motifs is 3. The fraction of sp³-hybridized carbons (Fsp3) is 0.667. The molecular weight excluding hydrogens is 382 g/mol. The monoisotopic (exact) mass is 409 g/mol. The minimum Gasteiger partial charge on any atom is -0.446 e. The Morgan fingerprint density at radius 2 is 2.27 bits per heavy atom. The summed E-state index contributed by atoms with van der Waals surface area (Å²) in [5, 5.41) is 21.1. The van der Waals surface area contributed by atoms with Crippen molar-refractivity contribution in [2.75, 3.05) is 6.54 Å². The molecule has 30 heavy (non-hydrogen) atoms. The smallest absolute Gasteiger partial charge is 0.410 e. The van der Waals surface area contributed by atoms with Gasteiger partial charge < -0.3 is 15.0 Å². The van der Waals surface area contributed by atoms with Crippen LogP contribution in [-0.2, 0) is 4.74 Å². The van der Waals surface area contributed by atoms with Crippen molar-refractivity contribution in [3.63, 3.8) is 0 Å². The van der Waals surface area contributed by atoms with Crippen LogP contribution < -0.4 is 5.32 Å². The van der Waals surface area contributed by atoms with Gasteiger partial charge >= 0.3 is 6.09 Å². The second-order valence-electron chi connectivity index (χ2n) is 8.61. The molecule has 5 rings (SSSR count). The maximum atomic E-state index is 12.8. The van der Waals surface area contributed by atoms with Gasteiger partial charge in [0, 0.05) is 18.5 Å². The van der Waals surface area contributed by atoms with Gasteiger partial charge in [0.2, 0.25) is 0 Å². The van der Waals surface area contributed by atoms with Gasteiger partial charge in [-0.15, -0.1) is 10.2 Å². The average molecular weight is 409 g/mol. The Kier molecular flexibility index (Phi) is 4.93. The molecule has 0 spiro atoms. The number of aliphatic imine (C=N–C) groups is 1. The molecule has 2 aliphatic carbocycles. The lowest BCUT2D eigenvalue weighted by molar-refractivity contribution is 0.0616. The van der Waals surface area contributed by atoms with Crippen LogP contribution >= 0.6 is 0 Å². The lowest BCUT2D eigenvalue weighted by atomic mass is 9.92. The molecule has 3 heterocycles. The highest BCUT2D eigenvalue weighted by Gasteiger charge is 2.43. The quantitative estimate of drug-likeness (QED) is 0.773. The molecule has 1 N–H and O–H groups in total. The van der Waals surface area contributed by atoms with Crippen LogP contribution in [0.15, 0.2) is 17.3 Å². The normalized spacial score (nSPS) is 31.0. The number of nitrogens with one attached hydrogen (secondary N) is 1. The highest BCUT2D eigenvalue weighted by molar-refractivity contribution is 5.76. The molecule has 158 valence electrons. The Morgan fingerprint density at radius 3 is 3.03 bits per heavy atom. The predicted octanol–water partition coefficient (Wildman–Crippen LogP) is 2.48. The van der Waals surface area contributed by atoms with Crippen LogP contribution in [0.3, 0.4) is 0 Å². The Bertz CT molecular complexity index is 913. The number of carbonyl (C=O) groups is 1. The molecule has 2 unspecified atom stereocenters. The lowest BCUT2D eigenvalue weighted by Gasteiger charge is -2.26. The molecule has 0 aromatic carbocycles. The van der Waals surface area contributed by atoms with Crippen molar-refractivity contribution in [3.05, 3.63) is 23.9 Å². The number of carbonyl (C=O) groups excluding carboxylic acids is 1. The number of hydrogen-bond acceptors (Lipinski definition) is 7. The van der Waals surface area contributed by atoms with Crippen molar-refractivity contribution in [2.24, 2.45) is 10.9 Å². The number of nitriles is 1. The van der Waals surface area contributed by atoms with Crippen molar-refractivity contribution in [3.8, 4) is 6.07 Å². The van der Waals surface area contributed by atoms with Crippen LogP contribution in [0.5, 0.6) is 0 Å². The number of rotatable bonds is 6. The molecule has 2 saturated carbocycles. The van der Waals surface area contributed by atoms with Gasteiger partial charge in [-0.1, -0.05) is 13.3 Å². The molecule has 0 bridgehead atoms. The first kappa shape index (κ1) is 19.1. The third kappa shape index (κ3) is 3.34. The van der Waals surface area contributed by atoms with Crippen LogP contribution in [0.1, 0.15) is 69.1 Å². The van der Waals surface area contributed by atoms with Gasteiger partial charge in [-0.05, 0) is 43.9 Å². The fourth-order valence-corrected chi connectivity index (χ4v) is 5.05. The van der Waals surface area contributed by atoms with Crippen molar-refractivity contribution >= 4 is 12.3 Å². The van der Waals surface area contributed by atoms with E-state index in [9.17, 15) is 4.79 Å². The van der Waals surface area contributed by atoms with Crippen LogP contribution in [0.2, 0.25) is 0 Å². The summed E-state index contributed by atoms with van der Waals surface area (Å²) in [5.41, 5.74) is 0. The molecule has 0 saturated heterocycles. The summed E-state index contributed by atoms with van der Waals surface area (Å²) < 4.78 is 8.12. The van der Waals surface area contributed by atoms with Gasteiger partial charge in [0.25, 0.3) is 0 Å². The second kappa shape index (κ2) is 7.74. The highest BCUT2D eigenvalue weighted by atomic mass is 16.6. The molecule has 5 atom stereocenters. The number of ether oxygens (including phenoxy) is 1. The fourth-order valence-electron chi connectivity index (χ4n) is 5.05. The van der Waals surface area contributed by atoms with Crippen LogP contribution in [0.4, 0.5) is 4.79 Å². The first-order chi connectivity index (χ1) is 14.7. The zero-order valence-corrected chi connectivity index (χ0v) is 17.1. The second-order valence-corrected chi connectivity index (χ2v) is 8.61. The van der Waals surface area contributed by atoms with E-state index < -0.39 is 0 Å². The molecule has 2 aliphatic heterocycles. The Balaban J connectivity index is 1.32. The van der Waals surface area contributed by atoms with Gasteiger partial charge in [-0.3, -0.25) is 9.56 Å². The number of nitrogens with zero attached hydrogens (tertiary/aromatic N) is 6. The summed E-state index contributed by atoms with van der Waals surface area (Å²) in [5.74, 6) is 2.34. The van der Waals surface area contributed by atoms with E-state index in [4.69, 9.17) is 10.00 Å². The largest absolute Gasteiger partial charge is 0.446 e. The minimum atomic E-state index is -0.272. The van der Waals surface area contributed by atoms with E-state index in [1.165, 1.54) is 0 Å². The van der Waals surface area contributed by atoms with E-state index in [1.807, 2.05) is 6.20 Å². The van der Waals surface area contributed by atoms with E-state index >= 15 is 0 Å². The SMILES string of the molecule is CC[C@@H]1C[C@H](OC(=O)N(CCC#N)C2CC2)C[C@@H]1c1nnc2n1C1C=CNC1N=C2. The van der Waals surface area contributed by atoms with Gasteiger partial charge in [0.15, 0.2) is 5.82 Å². The van der Waals surface area contributed by atoms with Crippen LogP contribution in [0, 0.1) is 17.2 Å². The third-order valence-corrected chi connectivity index (χ3v) is 6.74. The molecule has 1 aromatic rings. The molecule has 9 heteroatoms. The predicted molar refractivity (Wildman–Crippen MR) is 109 cm³/mol. The lowest BCUT2D eigenvalue weighted by Crippen LogP contribution is -2.36. The topological polar surface area (TPSA) is 108 Å². The number of aromatic nitrogens is 3. The van der Waals surface area contributed by atoms with Gasteiger partial charge in [-0.2, -0.15) is 5.26 Å². The molecule has 4 aliphatic rings. The minimum absolute atomic E-state index is 0.00501. The summed E-state index contributed by atoms with van der Waals surface area (Å²) in [7, 11) is 0. The summed E-state index contributed by atoms with van der Waals surface area (Å²) in [4.78, 5) is 19.0. The van der Waals surface area contributed by atoms with Crippen LogP contribution in [0.25, 0.3) is 0 Å². The van der Waals surface area contributed by atoms with Crippen molar-refractivity contribution in [1.82, 2.24) is 25.0 Å². The van der Waals surface area contributed by atoms with Crippen molar-refractivity contribution in [1.29, 1.82) is 5.26 Å². The standard InChI is InChI=1S/C21H27N7O2/c1-2-13-10-15(30-21(29)27(9-3-7-22)14-4-5-14)11-16(13)20-26-25-18-12-24-19-17(28(18)20)6-8-23-19/h6,8,12-17,19,23H,2-5,9-11H2,1H3/t13-,15+,16+,17?,19?/m1/s1. The molecular formula is C21H27N7O2. The zero-order chi connectivity index (χ0) is 20.7. The van der Waals surface area contributed by atoms with Gasteiger partial charge in [0.1, 0.15) is 18.1 Å². The van der Waals surface area contributed by atoms with Gasteiger partial charge in [-0.25, -0.2) is 4.79 Å². The maximum Gasteiger partial charge on any atom is 0.410 e. The Hall–Kier alpha value is -2.89. The Morgan fingerprint density at radius 1 is 1.40 bits per heavy atom. The maximum absolute atomic E-state index is 12.8. The number of amides is 1. The third-order valence-electron chi connectivity index (χ3n) is 6.74. The number of hydrogen-bond donors (Lipinski definition) is 1. The van der Waals surface area contributed by atoms with Crippen molar-refractivity contribution < 1.29 is 9.53 Å². The molecule has 1 amide bonds. The van der Waals surface area contributed by atoms with Gasteiger partial charge in [0.05, 0.1) is 24.7 Å². The van der Waals surface area contributed by atoms with E-state index in [0.717, 1.165) is 43.8 Å². The van der Waals surface area contributed by atoms with Crippen LogP contribution in [-0.4, -0.2) is 56.8 Å². The summed E-state index contributed by atoms with van der Waals surface area (Å²) in [6.07, 6.45) is 10.4.